The molecule has 1 saturated heterocycles. The Labute approximate surface area is 170 Å². The molecule has 7 heteroatoms. The summed E-state index contributed by atoms with van der Waals surface area (Å²) in [5, 5.41) is 3.64. The van der Waals surface area contributed by atoms with E-state index >= 15 is 0 Å². The van der Waals surface area contributed by atoms with Crippen molar-refractivity contribution in [1.29, 1.82) is 0 Å². The molecule has 0 unspecified atom stereocenters. The molecular weight excluding hydrogens is 372 g/mol. The Morgan fingerprint density at radius 3 is 2.46 bits per heavy atom. The van der Waals surface area contributed by atoms with Crippen molar-refractivity contribution in [1.82, 2.24) is 14.9 Å². The molecule has 0 saturated carbocycles. The molecule has 1 fully saturated rings. The molecule has 1 aromatic heterocycles. The topological polar surface area (TPSA) is 75.2 Å². The molecule has 3 rings (SSSR count). The monoisotopic (exact) mass is 398 g/mol. The Balaban J connectivity index is 1.58. The van der Waals surface area contributed by atoms with Gasteiger partial charge in [0.15, 0.2) is 5.16 Å². The first-order chi connectivity index (χ1) is 13.3. The Bertz CT molecular complexity index is 847. The Morgan fingerprint density at radius 1 is 1.21 bits per heavy atom. The smallest absolute Gasteiger partial charge is 0.229 e. The summed E-state index contributed by atoms with van der Waals surface area (Å²) in [7, 11) is 0. The molecular formula is C21H26N4O2S. The number of nitrogens with zero attached hydrogens (tertiary/aromatic N) is 3. The molecule has 28 heavy (non-hydrogen) atoms. The molecule has 0 aliphatic carbocycles. The van der Waals surface area contributed by atoms with Gasteiger partial charge in [0.25, 0.3) is 0 Å². The van der Waals surface area contributed by atoms with E-state index in [1.807, 2.05) is 44.2 Å². The molecule has 1 N–H and O–H groups in total. The highest BCUT2D eigenvalue weighted by atomic mass is 32.2. The van der Waals surface area contributed by atoms with Gasteiger partial charge in [0.1, 0.15) is 0 Å². The SMILES string of the molecule is Cc1cc(C)nc(Sc2ccc(NC(=O)[C@@H]3CC(=O)N(CC(C)C)C3)cc2)n1. The van der Waals surface area contributed by atoms with Crippen molar-refractivity contribution in [2.24, 2.45) is 11.8 Å². The van der Waals surface area contributed by atoms with Crippen molar-refractivity contribution in [2.75, 3.05) is 18.4 Å². The number of amides is 2. The second kappa shape index (κ2) is 8.73. The lowest BCUT2D eigenvalue weighted by atomic mass is 10.1. The van der Waals surface area contributed by atoms with Gasteiger partial charge in [-0.3, -0.25) is 9.59 Å². The average Bonchev–Trinajstić information content (AvgIpc) is 2.96. The van der Waals surface area contributed by atoms with Gasteiger partial charge in [-0.05, 0) is 61.9 Å². The van der Waals surface area contributed by atoms with Gasteiger partial charge < -0.3 is 10.2 Å². The lowest BCUT2D eigenvalue weighted by Gasteiger charge is -2.18. The predicted molar refractivity (Wildman–Crippen MR) is 110 cm³/mol. The molecule has 148 valence electrons. The molecule has 0 spiro atoms. The van der Waals surface area contributed by atoms with Crippen molar-refractivity contribution in [3.05, 3.63) is 41.7 Å². The van der Waals surface area contributed by atoms with Crippen LogP contribution in [-0.2, 0) is 9.59 Å². The number of aromatic nitrogens is 2. The maximum absolute atomic E-state index is 12.5. The largest absolute Gasteiger partial charge is 0.342 e. The van der Waals surface area contributed by atoms with Crippen LogP contribution < -0.4 is 5.32 Å². The summed E-state index contributed by atoms with van der Waals surface area (Å²) in [5.41, 5.74) is 2.61. The van der Waals surface area contributed by atoms with Crippen LogP contribution in [0.1, 0.15) is 31.7 Å². The second-order valence-electron chi connectivity index (χ2n) is 7.64. The van der Waals surface area contributed by atoms with Gasteiger partial charge in [-0.25, -0.2) is 9.97 Å². The van der Waals surface area contributed by atoms with Crippen molar-refractivity contribution in [3.8, 4) is 0 Å². The second-order valence-corrected chi connectivity index (χ2v) is 8.68. The van der Waals surface area contributed by atoms with E-state index < -0.39 is 0 Å². The fraction of sp³-hybridized carbons (Fsp3) is 0.429. The summed E-state index contributed by atoms with van der Waals surface area (Å²) < 4.78 is 0. The number of benzene rings is 1. The number of carbonyl (C=O) groups is 2. The van der Waals surface area contributed by atoms with E-state index in [4.69, 9.17) is 0 Å². The fourth-order valence-corrected chi connectivity index (χ4v) is 4.12. The van der Waals surface area contributed by atoms with E-state index in [0.717, 1.165) is 22.0 Å². The lowest BCUT2D eigenvalue weighted by Crippen LogP contribution is -2.31. The standard InChI is InChI=1S/C21H26N4O2S/c1-13(2)11-25-12-16(10-19(25)26)20(27)24-17-5-7-18(8-6-17)28-21-22-14(3)9-15(4)23-21/h5-9,13,16H,10-12H2,1-4H3,(H,24,27)/t16-/m1/s1. The molecule has 2 heterocycles. The molecule has 0 radical (unpaired) electrons. The third kappa shape index (κ3) is 5.32. The zero-order valence-corrected chi connectivity index (χ0v) is 17.5. The quantitative estimate of drug-likeness (QED) is 0.751. The zero-order chi connectivity index (χ0) is 20.3. The maximum atomic E-state index is 12.5. The number of aryl methyl sites for hydroxylation is 2. The summed E-state index contributed by atoms with van der Waals surface area (Å²) >= 11 is 1.49. The normalized spacial score (nSPS) is 16.7. The van der Waals surface area contributed by atoms with E-state index in [0.29, 0.717) is 24.2 Å². The molecule has 1 aliphatic heterocycles. The van der Waals surface area contributed by atoms with Crippen LogP contribution >= 0.6 is 11.8 Å². The molecule has 0 bridgehead atoms. The van der Waals surface area contributed by atoms with Crippen LogP contribution in [0.25, 0.3) is 0 Å². The van der Waals surface area contributed by atoms with Gasteiger partial charge in [-0.15, -0.1) is 0 Å². The van der Waals surface area contributed by atoms with Gasteiger partial charge in [-0.1, -0.05) is 13.8 Å². The zero-order valence-electron chi connectivity index (χ0n) is 16.7. The van der Waals surface area contributed by atoms with Crippen molar-refractivity contribution >= 4 is 29.3 Å². The van der Waals surface area contributed by atoms with Crippen molar-refractivity contribution in [3.63, 3.8) is 0 Å². The van der Waals surface area contributed by atoms with E-state index in [1.54, 1.807) is 4.90 Å². The number of nitrogens with one attached hydrogen (secondary N) is 1. The Hall–Kier alpha value is -2.41. The third-order valence-electron chi connectivity index (χ3n) is 4.46. The summed E-state index contributed by atoms with van der Waals surface area (Å²) in [6.07, 6.45) is 0.288. The Kier molecular flexibility index (Phi) is 6.34. The fourth-order valence-electron chi connectivity index (χ4n) is 3.26. The van der Waals surface area contributed by atoms with Gasteiger partial charge in [-0.2, -0.15) is 0 Å². The first kappa shape index (κ1) is 20.3. The van der Waals surface area contributed by atoms with Crippen LogP contribution in [0.15, 0.2) is 40.4 Å². The maximum Gasteiger partial charge on any atom is 0.229 e. The summed E-state index contributed by atoms with van der Waals surface area (Å²) in [5.74, 6) is 0.0765. The minimum Gasteiger partial charge on any atom is -0.342 e. The number of likely N-dealkylation sites (tertiary alicyclic amines) is 1. The molecule has 1 aromatic carbocycles. The van der Waals surface area contributed by atoms with E-state index in [9.17, 15) is 9.59 Å². The minimum atomic E-state index is -0.288. The number of hydrogen-bond donors (Lipinski definition) is 1. The van der Waals surface area contributed by atoms with E-state index in [1.165, 1.54) is 11.8 Å². The highest BCUT2D eigenvalue weighted by molar-refractivity contribution is 7.99. The van der Waals surface area contributed by atoms with Crippen LogP contribution in [0.5, 0.6) is 0 Å². The van der Waals surface area contributed by atoms with Gasteiger partial charge in [0.2, 0.25) is 11.8 Å². The number of anilines is 1. The summed E-state index contributed by atoms with van der Waals surface area (Å²) in [6, 6.07) is 9.55. The van der Waals surface area contributed by atoms with Crippen LogP contribution in [0.2, 0.25) is 0 Å². The Morgan fingerprint density at radius 2 is 1.86 bits per heavy atom. The predicted octanol–water partition coefficient (Wildman–Crippen LogP) is 3.69. The summed E-state index contributed by atoms with van der Waals surface area (Å²) in [4.78, 5) is 36.3. The van der Waals surface area contributed by atoms with Gasteiger partial charge >= 0.3 is 0 Å². The number of hydrogen-bond acceptors (Lipinski definition) is 5. The average molecular weight is 399 g/mol. The van der Waals surface area contributed by atoms with Crippen LogP contribution in [0, 0.1) is 25.7 Å². The molecule has 1 atom stereocenters. The van der Waals surface area contributed by atoms with Crippen LogP contribution in [0.4, 0.5) is 5.69 Å². The summed E-state index contributed by atoms with van der Waals surface area (Å²) in [6.45, 7) is 9.25. The van der Waals surface area contributed by atoms with Gasteiger partial charge in [0.05, 0.1) is 5.92 Å². The molecule has 2 amide bonds. The molecule has 1 aliphatic rings. The highest BCUT2D eigenvalue weighted by Gasteiger charge is 2.34. The highest BCUT2D eigenvalue weighted by Crippen LogP contribution is 2.27. The van der Waals surface area contributed by atoms with Crippen LogP contribution in [-0.4, -0.2) is 39.8 Å². The van der Waals surface area contributed by atoms with Gasteiger partial charge in [0, 0.05) is 41.5 Å². The molecule has 2 aromatic rings. The number of carbonyl (C=O) groups excluding carboxylic acids is 2. The minimum absolute atomic E-state index is 0.0639. The van der Waals surface area contributed by atoms with Crippen molar-refractivity contribution < 1.29 is 9.59 Å². The van der Waals surface area contributed by atoms with E-state index in [2.05, 4.69) is 29.1 Å². The van der Waals surface area contributed by atoms with Crippen molar-refractivity contribution in [2.45, 2.75) is 44.2 Å². The first-order valence-corrected chi connectivity index (χ1v) is 10.3. The lowest BCUT2D eigenvalue weighted by molar-refractivity contribution is -0.128. The third-order valence-corrected chi connectivity index (χ3v) is 5.34. The van der Waals surface area contributed by atoms with E-state index in [-0.39, 0.29) is 24.2 Å². The number of rotatable bonds is 6. The van der Waals surface area contributed by atoms with Crippen LogP contribution in [0.3, 0.4) is 0 Å². The molecule has 6 nitrogen and oxygen atoms in total. The first-order valence-electron chi connectivity index (χ1n) is 9.49.